The smallest absolute Gasteiger partial charge is 0.347 e. The molecule has 1 aliphatic heterocycles. The van der Waals surface area contributed by atoms with Crippen molar-refractivity contribution in [1.82, 2.24) is 5.01 Å². The molecule has 4 atom stereocenters. The Morgan fingerprint density at radius 1 is 1.11 bits per heavy atom. The quantitative estimate of drug-likeness (QED) is 0.114. The summed E-state index contributed by atoms with van der Waals surface area (Å²) in [4.78, 5) is 49.3. The normalized spacial score (nSPS) is 24.3. The molecular formula is C24H18ClN3O7. The fraction of sp³-hybridized carbons (Fsp3) is 0.250. The molecule has 0 aromatic heterocycles. The third-order valence-corrected chi connectivity index (χ3v) is 6.78. The lowest BCUT2D eigenvalue weighted by molar-refractivity contribution is -0.384. The van der Waals surface area contributed by atoms with Gasteiger partial charge in [-0.2, -0.15) is 10.1 Å². The van der Waals surface area contributed by atoms with Gasteiger partial charge in [0, 0.05) is 22.7 Å². The van der Waals surface area contributed by atoms with Crippen LogP contribution in [0.5, 0.6) is 11.5 Å². The number of allylic oxidation sites excluding steroid dienone is 2. The Morgan fingerprint density at radius 3 is 2.40 bits per heavy atom. The molecule has 1 heterocycles. The minimum absolute atomic E-state index is 0.0173. The zero-order valence-corrected chi connectivity index (χ0v) is 19.0. The van der Waals surface area contributed by atoms with Crippen LogP contribution in [0.15, 0.2) is 53.7 Å². The maximum absolute atomic E-state index is 12.9. The number of hydrogen-bond donors (Lipinski definition) is 0. The van der Waals surface area contributed by atoms with Crippen molar-refractivity contribution in [2.75, 3.05) is 7.11 Å². The molecule has 11 heteroatoms. The molecule has 2 aliphatic carbocycles. The number of hydrogen-bond acceptors (Lipinski definition) is 8. The van der Waals surface area contributed by atoms with Crippen LogP contribution < -0.4 is 9.47 Å². The van der Waals surface area contributed by atoms with Crippen LogP contribution >= 0.6 is 11.6 Å². The molecule has 2 aromatic rings. The van der Waals surface area contributed by atoms with Crippen molar-refractivity contribution < 1.29 is 28.8 Å². The molecule has 35 heavy (non-hydrogen) atoms. The number of carbonyl (C=O) groups is 3. The Labute approximate surface area is 203 Å². The molecule has 4 unspecified atom stereocenters. The van der Waals surface area contributed by atoms with Gasteiger partial charge >= 0.3 is 5.97 Å². The molecular weight excluding hydrogens is 478 g/mol. The van der Waals surface area contributed by atoms with E-state index in [-0.39, 0.29) is 45.2 Å². The van der Waals surface area contributed by atoms with Gasteiger partial charge in [-0.15, -0.1) is 0 Å². The van der Waals surface area contributed by atoms with Crippen LogP contribution in [-0.4, -0.2) is 41.0 Å². The van der Waals surface area contributed by atoms with E-state index in [1.807, 2.05) is 12.2 Å². The number of imide groups is 1. The maximum atomic E-state index is 12.9. The molecule has 0 N–H and O–H groups in total. The molecule has 1 saturated carbocycles. The highest BCUT2D eigenvalue weighted by Gasteiger charge is 2.59. The van der Waals surface area contributed by atoms with E-state index in [1.54, 1.807) is 6.07 Å². The highest BCUT2D eigenvalue weighted by molar-refractivity contribution is 6.31. The first-order valence-corrected chi connectivity index (χ1v) is 11.1. The van der Waals surface area contributed by atoms with Gasteiger partial charge in [0.15, 0.2) is 0 Å². The van der Waals surface area contributed by atoms with E-state index in [4.69, 9.17) is 21.1 Å². The Hall–Kier alpha value is -4.05. The number of fused-ring (bicyclic) bond motifs is 5. The van der Waals surface area contributed by atoms with E-state index >= 15 is 0 Å². The number of hydrazone groups is 1. The molecule has 178 valence electrons. The lowest BCUT2D eigenvalue weighted by Gasteiger charge is -2.13. The summed E-state index contributed by atoms with van der Waals surface area (Å²) in [5.41, 5.74) is -0.209. The van der Waals surface area contributed by atoms with Crippen molar-refractivity contribution in [3.8, 4) is 11.5 Å². The summed E-state index contributed by atoms with van der Waals surface area (Å²) in [7, 11) is 1.38. The van der Waals surface area contributed by atoms with Crippen molar-refractivity contribution in [2.45, 2.75) is 6.42 Å². The summed E-state index contributed by atoms with van der Waals surface area (Å²) < 4.78 is 10.6. The number of halogens is 1. The number of benzene rings is 2. The molecule has 2 amide bonds. The molecule has 5 rings (SSSR count). The van der Waals surface area contributed by atoms with E-state index < -0.39 is 34.5 Å². The highest BCUT2D eigenvalue weighted by Crippen LogP contribution is 2.52. The predicted octanol–water partition coefficient (Wildman–Crippen LogP) is 3.62. The van der Waals surface area contributed by atoms with E-state index in [0.29, 0.717) is 0 Å². The second-order valence-corrected chi connectivity index (χ2v) is 8.88. The van der Waals surface area contributed by atoms with Crippen molar-refractivity contribution in [3.05, 3.63) is 74.8 Å². The first-order chi connectivity index (χ1) is 16.8. The molecule has 2 bridgehead atoms. The highest BCUT2D eigenvalue weighted by atomic mass is 35.5. The molecule has 1 saturated heterocycles. The first kappa shape index (κ1) is 22.7. The van der Waals surface area contributed by atoms with E-state index in [0.717, 1.165) is 29.8 Å². The van der Waals surface area contributed by atoms with Crippen LogP contribution in [-0.2, 0) is 9.59 Å². The zero-order chi connectivity index (χ0) is 24.9. The number of ether oxygens (including phenoxy) is 2. The number of carbonyl (C=O) groups excluding carboxylic acids is 3. The van der Waals surface area contributed by atoms with Gasteiger partial charge in [0.2, 0.25) is 0 Å². The van der Waals surface area contributed by atoms with E-state index in [9.17, 15) is 24.5 Å². The van der Waals surface area contributed by atoms with Gasteiger partial charge in [0.1, 0.15) is 17.1 Å². The summed E-state index contributed by atoms with van der Waals surface area (Å²) in [6, 6.07) is 7.95. The average molecular weight is 496 g/mol. The van der Waals surface area contributed by atoms with Gasteiger partial charge in [-0.05, 0) is 42.5 Å². The Morgan fingerprint density at radius 2 is 1.77 bits per heavy atom. The molecule has 0 spiro atoms. The van der Waals surface area contributed by atoms with Gasteiger partial charge in [-0.1, -0.05) is 23.8 Å². The second kappa shape index (κ2) is 8.62. The summed E-state index contributed by atoms with van der Waals surface area (Å²) in [6.07, 6.45) is 5.82. The molecule has 10 nitrogen and oxygen atoms in total. The monoisotopic (exact) mass is 495 g/mol. The number of nitrogens with zero attached hydrogens (tertiary/aromatic N) is 3. The average Bonchev–Trinajstić information content (AvgIpc) is 3.52. The lowest BCUT2D eigenvalue weighted by Crippen LogP contribution is -2.28. The molecule has 2 aromatic carbocycles. The minimum Gasteiger partial charge on any atom is -0.496 e. The van der Waals surface area contributed by atoms with Crippen LogP contribution in [0.3, 0.4) is 0 Å². The number of nitro benzene ring substituents is 1. The number of rotatable bonds is 6. The number of non-ortho nitro benzene ring substituents is 1. The molecule has 0 radical (unpaired) electrons. The van der Waals surface area contributed by atoms with Crippen molar-refractivity contribution >= 4 is 41.3 Å². The minimum atomic E-state index is -0.821. The van der Waals surface area contributed by atoms with Crippen LogP contribution in [0.2, 0.25) is 5.02 Å². The third-order valence-electron chi connectivity index (χ3n) is 6.55. The summed E-state index contributed by atoms with van der Waals surface area (Å²) in [5, 5.41) is 16.4. The van der Waals surface area contributed by atoms with Crippen LogP contribution in [0.1, 0.15) is 22.3 Å². The number of nitro groups is 1. The van der Waals surface area contributed by atoms with E-state index in [1.165, 1.54) is 25.3 Å². The van der Waals surface area contributed by atoms with Crippen molar-refractivity contribution in [1.29, 1.82) is 0 Å². The largest absolute Gasteiger partial charge is 0.496 e. The summed E-state index contributed by atoms with van der Waals surface area (Å²) in [5.74, 6) is -2.31. The van der Waals surface area contributed by atoms with Gasteiger partial charge in [0.25, 0.3) is 17.5 Å². The van der Waals surface area contributed by atoms with Gasteiger partial charge < -0.3 is 9.47 Å². The van der Waals surface area contributed by atoms with Gasteiger partial charge in [-0.3, -0.25) is 19.7 Å². The zero-order valence-electron chi connectivity index (χ0n) is 18.3. The standard InChI is InChI=1S/C24H18ClN3O7/c1-34-19-6-4-15(25)10-17(19)24(31)35-18-7-5-16(28(32)33)9-14(18)11-26-27-22(29)20-12-2-3-13(8-12)21(20)23(27)30/h2-7,9-13,20-21H,8H2,1H3. The summed E-state index contributed by atoms with van der Waals surface area (Å²) in [6.45, 7) is 0. The number of methoxy groups -OCH3 is 1. The third kappa shape index (κ3) is 3.85. The number of esters is 1. The fourth-order valence-corrected chi connectivity index (χ4v) is 5.13. The topological polar surface area (TPSA) is 128 Å². The van der Waals surface area contributed by atoms with Crippen molar-refractivity contribution in [3.63, 3.8) is 0 Å². The lowest BCUT2D eigenvalue weighted by atomic mass is 9.85. The first-order valence-electron chi connectivity index (χ1n) is 10.7. The Kier molecular flexibility index (Phi) is 5.60. The maximum Gasteiger partial charge on any atom is 0.347 e. The van der Waals surface area contributed by atoms with E-state index in [2.05, 4.69) is 5.10 Å². The van der Waals surface area contributed by atoms with Gasteiger partial charge in [0.05, 0.1) is 30.1 Å². The Balaban J connectivity index is 1.45. The van der Waals surface area contributed by atoms with Crippen molar-refractivity contribution in [2.24, 2.45) is 28.8 Å². The van der Waals surface area contributed by atoms with Crippen LogP contribution in [0, 0.1) is 33.8 Å². The molecule has 3 aliphatic rings. The Bertz CT molecular complexity index is 1310. The SMILES string of the molecule is COc1ccc(Cl)cc1C(=O)Oc1ccc([N+](=O)[O-])cc1C=NN1C(=O)C2C3C=CC(C3)C2C1=O. The second-order valence-electron chi connectivity index (χ2n) is 8.45. The van der Waals surface area contributed by atoms with Crippen LogP contribution in [0.4, 0.5) is 5.69 Å². The van der Waals surface area contributed by atoms with Crippen LogP contribution in [0.25, 0.3) is 0 Å². The summed E-state index contributed by atoms with van der Waals surface area (Å²) >= 11 is 5.99. The predicted molar refractivity (Wildman–Crippen MR) is 123 cm³/mol. The number of amides is 2. The fourth-order valence-electron chi connectivity index (χ4n) is 4.96. The molecule has 2 fully saturated rings. The van der Waals surface area contributed by atoms with Gasteiger partial charge in [-0.25, -0.2) is 4.79 Å².